The van der Waals surface area contributed by atoms with Gasteiger partial charge in [0.15, 0.2) is 0 Å². The van der Waals surface area contributed by atoms with Crippen LogP contribution in [0.25, 0.3) is 0 Å². The molecule has 0 bridgehead atoms. The van der Waals surface area contributed by atoms with Crippen molar-refractivity contribution in [2.24, 2.45) is 0 Å². The molecule has 2 aliphatic heterocycles. The summed E-state index contributed by atoms with van der Waals surface area (Å²) < 4.78 is 5.14. The zero-order chi connectivity index (χ0) is 14.8. The van der Waals surface area contributed by atoms with Gasteiger partial charge in [-0.2, -0.15) is 0 Å². The normalized spacial score (nSPS) is 24.9. The second-order valence-corrected chi connectivity index (χ2v) is 5.72. The van der Waals surface area contributed by atoms with Gasteiger partial charge in [0.05, 0.1) is 7.11 Å². The Bertz CT molecular complexity index is 526. The summed E-state index contributed by atoms with van der Waals surface area (Å²) in [6.07, 6.45) is 4.09. The summed E-state index contributed by atoms with van der Waals surface area (Å²) in [5.41, 5.74) is 0.749. The van der Waals surface area contributed by atoms with Crippen molar-refractivity contribution in [3.8, 4) is 5.75 Å². The number of carbonyl (C=O) groups is 1. The molecule has 2 atom stereocenters. The van der Waals surface area contributed by atoms with E-state index in [2.05, 4.69) is 16.4 Å². The van der Waals surface area contributed by atoms with Crippen LogP contribution in [0, 0.1) is 0 Å². The maximum atomic E-state index is 12.7. The van der Waals surface area contributed by atoms with E-state index in [9.17, 15) is 4.79 Å². The first-order valence-corrected chi connectivity index (χ1v) is 7.54. The van der Waals surface area contributed by atoms with Gasteiger partial charge in [-0.3, -0.25) is 9.69 Å². The third-order valence-corrected chi connectivity index (χ3v) is 4.65. The Labute approximate surface area is 126 Å². The molecule has 0 aliphatic carbocycles. The number of ether oxygens (including phenoxy) is 1. The zero-order valence-electron chi connectivity index (χ0n) is 12.5. The first kappa shape index (κ1) is 14.1. The van der Waals surface area contributed by atoms with E-state index in [1.165, 1.54) is 0 Å². The van der Waals surface area contributed by atoms with Crippen LogP contribution in [-0.4, -0.2) is 54.5 Å². The summed E-state index contributed by atoms with van der Waals surface area (Å²) in [5.74, 6) is 0.925. The molecule has 0 saturated carbocycles. The molecule has 0 radical (unpaired) electrons. The van der Waals surface area contributed by atoms with Crippen LogP contribution in [0.5, 0.6) is 5.75 Å². The van der Waals surface area contributed by atoms with E-state index in [-0.39, 0.29) is 5.91 Å². The van der Waals surface area contributed by atoms with Gasteiger partial charge in [0.25, 0.3) is 5.91 Å². The minimum atomic E-state index is 0.144. The van der Waals surface area contributed by atoms with Crippen molar-refractivity contribution in [3.05, 3.63) is 42.5 Å². The number of likely N-dealkylation sites (tertiary alicyclic amines) is 2. The predicted molar refractivity (Wildman–Crippen MR) is 82.6 cm³/mol. The maximum Gasteiger partial charge on any atom is 0.254 e. The molecule has 4 heteroatoms. The number of fused-ring (bicyclic) bond motifs is 1. The van der Waals surface area contributed by atoms with E-state index in [0.717, 1.165) is 43.8 Å². The highest BCUT2D eigenvalue weighted by Gasteiger charge is 2.43. The highest BCUT2D eigenvalue weighted by Crippen LogP contribution is 2.32. The molecule has 3 rings (SSSR count). The van der Waals surface area contributed by atoms with E-state index in [1.807, 2.05) is 30.3 Å². The lowest BCUT2D eigenvalue weighted by atomic mass is 10.1. The second kappa shape index (κ2) is 5.90. The highest BCUT2D eigenvalue weighted by atomic mass is 16.5. The van der Waals surface area contributed by atoms with Crippen LogP contribution in [0.3, 0.4) is 0 Å². The summed E-state index contributed by atoms with van der Waals surface area (Å²) in [6, 6.07) is 8.26. The predicted octanol–water partition coefficient (Wildman–Crippen LogP) is 2.17. The number of nitrogens with zero attached hydrogens (tertiary/aromatic N) is 2. The van der Waals surface area contributed by atoms with Gasteiger partial charge in [0.1, 0.15) is 5.75 Å². The quantitative estimate of drug-likeness (QED) is 0.795. The molecule has 2 fully saturated rings. The molecule has 112 valence electrons. The van der Waals surface area contributed by atoms with Crippen molar-refractivity contribution in [3.63, 3.8) is 0 Å². The largest absolute Gasteiger partial charge is 0.497 e. The molecule has 2 aliphatic rings. The van der Waals surface area contributed by atoms with Crippen LogP contribution in [0.1, 0.15) is 23.2 Å². The van der Waals surface area contributed by atoms with Crippen LogP contribution < -0.4 is 4.74 Å². The van der Waals surface area contributed by atoms with E-state index in [4.69, 9.17) is 4.74 Å². The van der Waals surface area contributed by atoms with Crippen molar-refractivity contribution >= 4 is 5.91 Å². The molecule has 2 saturated heterocycles. The Morgan fingerprint density at radius 1 is 1.29 bits per heavy atom. The Kier molecular flexibility index (Phi) is 3.97. The van der Waals surface area contributed by atoms with Crippen molar-refractivity contribution in [2.75, 3.05) is 26.7 Å². The Morgan fingerprint density at radius 2 is 2.00 bits per heavy atom. The van der Waals surface area contributed by atoms with Gasteiger partial charge in [-0.15, -0.1) is 6.58 Å². The minimum absolute atomic E-state index is 0.144. The molecular formula is C17H22N2O2. The SMILES string of the molecule is C=CCN1CC[C@H]2[C@H]1CCN2C(=O)c1ccc(OC)cc1. The van der Waals surface area contributed by atoms with Gasteiger partial charge >= 0.3 is 0 Å². The Morgan fingerprint density at radius 3 is 2.67 bits per heavy atom. The van der Waals surface area contributed by atoms with E-state index < -0.39 is 0 Å². The lowest BCUT2D eigenvalue weighted by Crippen LogP contribution is -2.39. The number of carbonyl (C=O) groups excluding carboxylic acids is 1. The smallest absolute Gasteiger partial charge is 0.254 e. The molecule has 2 heterocycles. The maximum absolute atomic E-state index is 12.7. The topological polar surface area (TPSA) is 32.8 Å². The van der Waals surface area contributed by atoms with E-state index in [0.29, 0.717) is 12.1 Å². The number of methoxy groups -OCH3 is 1. The minimum Gasteiger partial charge on any atom is -0.497 e. The van der Waals surface area contributed by atoms with Crippen LogP contribution in [0.2, 0.25) is 0 Å². The van der Waals surface area contributed by atoms with Gasteiger partial charge in [-0.05, 0) is 37.1 Å². The lowest BCUT2D eigenvalue weighted by molar-refractivity contribution is 0.0733. The van der Waals surface area contributed by atoms with Gasteiger partial charge in [0.2, 0.25) is 0 Å². The summed E-state index contributed by atoms with van der Waals surface area (Å²) in [7, 11) is 1.63. The third-order valence-electron chi connectivity index (χ3n) is 4.65. The van der Waals surface area contributed by atoms with E-state index in [1.54, 1.807) is 7.11 Å². The van der Waals surface area contributed by atoms with E-state index >= 15 is 0 Å². The molecule has 0 unspecified atom stereocenters. The summed E-state index contributed by atoms with van der Waals surface area (Å²) in [4.78, 5) is 17.2. The number of hydrogen-bond acceptors (Lipinski definition) is 3. The molecule has 0 aromatic heterocycles. The van der Waals surface area contributed by atoms with Gasteiger partial charge in [-0.1, -0.05) is 6.08 Å². The first-order valence-electron chi connectivity index (χ1n) is 7.54. The monoisotopic (exact) mass is 286 g/mol. The van der Waals surface area contributed by atoms with Crippen molar-refractivity contribution < 1.29 is 9.53 Å². The summed E-state index contributed by atoms with van der Waals surface area (Å²) in [5, 5.41) is 0. The molecule has 1 amide bonds. The zero-order valence-corrected chi connectivity index (χ0v) is 12.5. The average molecular weight is 286 g/mol. The molecular weight excluding hydrogens is 264 g/mol. The van der Waals surface area contributed by atoms with Gasteiger partial charge < -0.3 is 9.64 Å². The van der Waals surface area contributed by atoms with Crippen molar-refractivity contribution in [2.45, 2.75) is 24.9 Å². The molecule has 4 nitrogen and oxygen atoms in total. The average Bonchev–Trinajstić information content (AvgIpc) is 3.10. The van der Waals surface area contributed by atoms with Crippen LogP contribution in [0.4, 0.5) is 0 Å². The van der Waals surface area contributed by atoms with Crippen LogP contribution in [0.15, 0.2) is 36.9 Å². The molecule has 1 aromatic carbocycles. The van der Waals surface area contributed by atoms with Gasteiger partial charge in [-0.25, -0.2) is 0 Å². The fraction of sp³-hybridized carbons (Fsp3) is 0.471. The number of amides is 1. The third kappa shape index (κ3) is 2.56. The molecule has 0 N–H and O–H groups in total. The molecule has 21 heavy (non-hydrogen) atoms. The summed E-state index contributed by atoms with van der Waals surface area (Å²) >= 11 is 0. The Hall–Kier alpha value is -1.81. The lowest BCUT2D eigenvalue weighted by Gasteiger charge is -2.25. The highest BCUT2D eigenvalue weighted by molar-refractivity contribution is 5.94. The molecule has 1 aromatic rings. The van der Waals surface area contributed by atoms with Gasteiger partial charge in [0, 0.05) is 37.3 Å². The fourth-order valence-electron chi connectivity index (χ4n) is 3.62. The number of rotatable bonds is 4. The van der Waals surface area contributed by atoms with Crippen LogP contribution >= 0.6 is 0 Å². The first-order chi connectivity index (χ1) is 10.2. The number of benzene rings is 1. The van der Waals surface area contributed by atoms with Crippen molar-refractivity contribution in [1.82, 2.24) is 9.80 Å². The van der Waals surface area contributed by atoms with Crippen LogP contribution in [-0.2, 0) is 0 Å². The molecule has 0 spiro atoms. The summed E-state index contributed by atoms with van der Waals surface area (Å²) in [6.45, 7) is 6.66. The second-order valence-electron chi connectivity index (χ2n) is 5.72. The Balaban J connectivity index is 1.72. The standard InChI is InChI=1S/C17H22N2O2/c1-3-10-18-11-8-16-15(18)9-12-19(16)17(20)13-4-6-14(21-2)7-5-13/h3-7,15-16H,1,8-12H2,2H3/t15-,16+/m1/s1. The number of hydrogen-bond donors (Lipinski definition) is 0. The fourth-order valence-corrected chi connectivity index (χ4v) is 3.62. The van der Waals surface area contributed by atoms with Crippen molar-refractivity contribution in [1.29, 1.82) is 0 Å².